The molecule has 3 rings (SSSR count). The summed E-state index contributed by atoms with van der Waals surface area (Å²) in [5, 5.41) is 0. The Kier molecular flexibility index (Phi) is 2.94. The highest BCUT2D eigenvalue weighted by atomic mass is 16.5. The van der Waals surface area contributed by atoms with Gasteiger partial charge in [0.25, 0.3) is 0 Å². The molecule has 0 aromatic rings. The predicted molar refractivity (Wildman–Crippen MR) is 64.2 cm³/mol. The molecule has 3 fully saturated rings. The van der Waals surface area contributed by atoms with E-state index in [-0.39, 0.29) is 5.41 Å². The molecule has 1 saturated carbocycles. The molecule has 16 heavy (non-hydrogen) atoms. The van der Waals surface area contributed by atoms with Gasteiger partial charge in [-0.3, -0.25) is 0 Å². The second-order valence-electron chi connectivity index (χ2n) is 6.15. The lowest BCUT2D eigenvalue weighted by Gasteiger charge is -2.31. The SMILES string of the molecule is NCC1(CN2CC3CCCC3C2)CCOC1. The van der Waals surface area contributed by atoms with Crippen LogP contribution in [0.3, 0.4) is 0 Å². The van der Waals surface area contributed by atoms with Crippen molar-refractivity contribution in [3.05, 3.63) is 0 Å². The summed E-state index contributed by atoms with van der Waals surface area (Å²) in [4.78, 5) is 2.66. The number of hydrogen-bond acceptors (Lipinski definition) is 3. The van der Waals surface area contributed by atoms with E-state index in [1.807, 2.05) is 0 Å². The first-order valence-corrected chi connectivity index (χ1v) is 6.81. The Morgan fingerprint density at radius 2 is 2.00 bits per heavy atom. The van der Waals surface area contributed by atoms with Gasteiger partial charge in [-0.1, -0.05) is 6.42 Å². The Morgan fingerprint density at radius 1 is 1.25 bits per heavy atom. The molecule has 0 amide bonds. The van der Waals surface area contributed by atoms with E-state index in [0.717, 1.165) is 38.0 Å². The molecule has 2 aliphatic heterocycles. The van der Waals surface area contributed by atoms with E-state index >= 15 is 0 Å². The molecule has 2 saturated heterocycles. The summed E-state index contributed by atoms with van der Waals surface area (Å²) >= 11 is 0. The van der Waals surface area contributed by atoms with E-state index in [4.69, 9.17) is 10.5 Å². The Labute approximate surface area is 98.3 Å². The molecule has 0 bridgehead atoms. The average Bonchev–Trinajstić information content (AvgIpc) is 2.93. The molecule has 2 N–H and O–H groups in total. The van der Waals surface area contributed by atoms with Crippen molar-refractivity contribution in [1.82, 2.24) is 4.90 Å². The molecule has 3 atom stereocenters. The quantitative estimate of drug-likeness (QED) is 0.780. The van der Waals surface area contributed by atoms with Crippen LogP contribution in [0.15, 0.2) is 0 Å². The van der Waals surface area contributed by atoms with Crippen molar-refractivity contribution in [1.29, 1.82) is 0 Å². The minimum atomic E-state index is 0.276. The number of hydrogen-bond donors (Lipinski definition) is 1. The lowest BCUT2D eigenvalue weighted by molar-refractivity contribution is 0.121. The number of nitrogens with two attached hydrogens (primary N) is 1. The molecule has 3 unspecified atom stereocenters. The molecule has 3 nitrogen and oxygen atoms in total. The molecule has 2 heterocycles. The first-order valence-electron chi connectivity index (χ1n) is 6.81. The van der Waals surface area contributed by atoms with Crippen LogP contribution in [-0.2, 0) is 4.74 Å². The maximum absolute atomic E-state index is 5.96. The number of likely N-dealkylation sites (tertiary alicyclic amines) is 1. The Balaban J connectivity index is 1.59. The molecule has 3 heteroatoms. The largest absolute Gasteiger partial charge is 0.381 e. The summed E-state index contributed by atoms with van der Waals surface area (Å²) < 4.78 is 5.55. The van der Waals surface area contributed by atoms with Crippen LogP contribution >= 0.6 is 0 Å². The lowest BCUT2D eigenvalue weighted by Crippen LogP contribution is -2.42. The van der Waals surface area contributed by atoms with Crippen LogP contribution in [0, 0.1) is 17.3 Å². The van der Waals surface area contributed by atoms with Crippen molar-refractivity contribution >= 4 is 0 Å². The van der Waals surface area contributed by atoms with E-state index in [1.165, 1.54) is 38.9 Å². The first kappa shape index (κ1) is 11.0. The molecular formula is C13H24N2O. The summed E-state index contributed by atoms with van der Waals surface area (Å²) in [6.45, 7) is 6.42. The molecule has 1 aliphatic carbocycles. The maximum Gasteiger partial charge on any atom is 0.0547 e. The van der Waals surface area contributed by atoms with E-state index < -0.39 is 0 Å². The number of nitrogens with zero attached hydrogens (tertiary/aromatic N) is 1. The molecule has 0 radical (unpaired) electrons. The summed E-state index contributed by atoms with van der Waals surface area (Å²) in [6, 6.07) is 0. The van der Waals surface area contributed by atoms with Crippen LogP contribution in [0.4, 0.5) is 0 Å². The highest BCUT2D eigenvalue weighted by Gasteiger charge is 2.41. The van der Waals surface area contributed by atoms with Gasteiger partial charge >= 0.3 is 0 Å². The van der Waals surface area contributed by atoms with Crippen LogP contribution < -0.4 is 5.73 Å². The van der Waals surface area contributed by atoms with Gasteiger partial charge in [0.15, 0.2) is 0 Å². The van der Waals surface area contributed by atoms with Gasteiger partial charge in [0.1, 0.15) is 0 Å². The van der Waals surface area contributed by atoms with Crippen LogP contribution in [0.5, 0.6) is 0 Å². The Bertz CT molecular complexity index is 238. The Morgan fingerprint density at radius 3 is 2.56 bits per heavy atom. The number of rotatable bonds is 3. The van der Waals surface area contributed by atoms with E-state index in [1.54, 1.807) is 0 Å². The fraction of sp³-hybridized carbons (Fsp3) is 1.00. The van der Waals surface area contributed by atoms with Crippen LogP contribution in [-0.4, -0.2) is 44.3 Å². The first-order chi connectivity index (χ1) is 7.81. The third-order valence-corrected chi connectivity index (χ3v) is 4.98. The molecule has 3 aliphatic rings. The maximum atomic E-state index is 5.96. The van der Waals surface area contributed by atoms with Gasteiger partial charge in [-0.2, -0.15) is 0 Å². The number of ether oxygens (including phenoxy) is 1. The average molecular weight is 224 g/mol. The van der Waals surface area contributed by atoms with Crippen molar-refractivity contribution in [2.24, 2.45) is 23.0 Å². The van der Waals surface area contributed by atoms with Gasteiger partial charge in [0, 0.05) is 38.2 Å². The second-order valence-corrected chi connectivity index (χ2v) is 6.15. The molecule has 0 aromatic carbocycles. The predicted octanol–water partition coefficient (Wildman–Crippen LogP) is 1.08. The summed E-state index contributed by atoms with van der Waals surface area (Å²) in [5.74, 6) is 1.99. The third kappa shape index (κ3) is 1.89. The topological polar surface area (TPSA) is 38.5 Å². The zero-order chi connectivity index (χ0) is 11.0. The minimum absolute atomic E-state index is 0.276. The summed E-state index contributed by atoms with van der Waals surface area (Å²) in [6.07, 6.45) is 5.56. The smallest absolute Gasteiger partial charge is 0.0547 e. The molecule has 0 spiro atoms. The van der Waals surface area contributed by atoms with Crippen LogP contribution in [0.2, 0.25) is 0 Å². The minimum Gasteiger partial charge on any atom is -0.381 e. The third-order valence-electron chi connectivity index (χ3n) is 4.98. The van der Waals surface area contributed by atoms with Gasteiger partial charge in [-0.15, -0.1) is 0 Å². The highest BCUT2D eigenvalue weighted by molar-refractivity contribution is 4.93. The van der Waals surface area contributed by atoms with Crippen LogP contribution in [0.25, 0.3) is 0 Å². The summed E-state index contributed by atoms with van der Waals surface area (Å²) in [7, 11) is 0. The fourth-order valence-corrected chi connectivity index (χ4v) is 3.94. The van der Waals surface area contributed by atoms with Gasteiger partial charge in [-0.25, -0.2) is 0 Å². The van der Waals surface area contributed by atoms with Gasteiger partial charge in [0.2, 0.25) is 0 Å². The van der Waals surface area contributed by atoms with Crippen LogP contribution in [0.1, 0.15) is 25.7 Å². The monoisotopic (exact) mass is 224 g/mol. The molecule has 0 aromatic heterocycles. The van der Waals surface area contributed by atoms with Crippen molar-refractivity contribution in [3.8, 4) is 0 Å². The van der Waals surface area contributed by atoms with E-state index in [9.17, 15) is 0 Å². The normalized spacial score (nSPS) is 44.1. The van der Waals surface area contributed by atoms with E-state index in [0.29, 0.717) is 0 Å². The van der Waals surface area contributed by atoms with Gasteiger partial charge < -0.3 is 15.4 Å². The summed E-state index contributed by atoms with van der Waals surface area (Å²) in [5.41, 5.74) is 6.23. The van der Waals surface area contributed by atoms with Gasteiger partial charge in [-0.05, 0) is 31.1 Å². The highest BCUT2D eigenvalue weighted by Crippen LogP contribution is 2.39. The Hall–Kier alpha value is -0.120. The fourth-order valence-electron chi connectivity index (χ4n) is 3.94. The molecule has 92 valence electrons. The van der Waals surface area contributed by atoms with Crippen molar-refractivity contribution in [2.45, 2.75) is 25.7 Å². The second kappa shape index (κ2) is 4.28. The molecular weight excluding hydrogens is 200 g/mol. The lowest BCUT2D eigenvalue weighted by atomic mass is 9.87. The van der Waals surface area contributed by atoms with Crippen molar-refractivity contribution < 1.29 is 4.74 Å². The number of fused-ring (bicyclic) bond motifs is 1. The standard InChI is InChI=1S/C13H24N2O/c14-8-13(4-5-16-10-13)9-15-6-11-2-1-3-12(11)7-15/h11-12H,1-10,14H2. The van der Waals surface area contributed by atoms with E-state index in [2.05, 4.69) is 4.90 Å². The van der Waals surface area contributed by atoms with Gasteiger partial charge in [0.05, 0.1) is 6.61 Å². The van der Waals surface area contributed by atoms with Crippen molar-refractivity contribution in [2.75, 3.05) is 39.4 Å². The zero-order valence-electron chi connectivity index (χ0n) is 10.2. The zero-order valence-corrected chi connectivity index (χ0v) is 10.2. The van der Waals surface area contributed by atoms with Crippen molar-refractivity contribution in [3.63, 3.8) is 0 Å².